The SMILES string of the molecule is CC(NC(=O)c1c(NC(=O)c2cc(Br)nn2-c2ncccc2Cl)c(Br)cc2ccnn12)C1CC1. The van der Waals surface area contributed by atoms with Crippen LogP contribution in [0.5, 0.6) is 0 Å². The first-order valence-electron chi connectivity index (χ1n) is 10.5. The summed E-state index contributed by atoms with van der Waals surface area (Å²) in [5.41, 5.74) is 1.40. The van der Waals surface area contributed by atoms with Gasteiger partial charge in [-0.2, -0.15) is 10.2 Å². The van der Waals surface area contributed by atoms with Crippen molar-refractivity contribution >= 4 is 66.5 Å². The number of anilines is 1. The molecule has 0 aliphatic heterocycles. The highest BCUT2D eigenvalue weighted by molar-refractivity contribution is 9.10. The predicted molar refractivity (Wildman–Crippen MR) is 135 cm³/mol. The third-order valence-electron chi connectivity index (χ3n) is 5.63. The minimum Gasteiger partial charge on any atom is -0.348 e. The fourth-order valence-electron chi connectivity index (χ4n) is 3.73. The van der Waals surface area contributed by atoms with Crippen LogP contribution in [0, 0.1) is 5.92 Å². The number of amides is 2. The number of hydrogen-bond acceptors (Lipinski definition) is 5. The Morgan fingerprint density at radius 2 is 1.97 bits per heavy atom. The van der Waals surface area contributed by atoms with Gasteiger partial charge in [-0.1, -0.05) is 11.6 Å². The molecule has 174 valence electrons. The highest BCUT2D eigenvalue weighted by Crippen LogP contribution is 2.34. The van der Waals surface area contributed by atoms with Crippen molar-refractivity contribution in [1.29, 1.82) is 0 Å². The molecule has 2 N–H and O–H groups in total. The first kappa shape index (κ1) is 23.0. The van der Waals surface area contributed by atoms with Gasteiger partial charge < -0.3 is 10.6 Å². The molecule has 0 aromatic carbocycles. The molecule has 34 heavy (non-hydrogen) atoms. The van der Waals surface area contributed by atoms with Crippen molar-refractivity contribution in [3.63, 3.8) is 0 Å². The number of hydrogen-bond donors (Lipinski definition) is 2. The van der Waals surface area contributed by atoms with Gasteiger partial charge in [-0.15, -0.1) is 0 Å². The number of halogens is 3. The van der Waals surface area contributed by atoms with Crippen LogP contribution < -0.4 is 10.6 Å². The van der Waals surface area contributed by atoms with E-state index in [1.54, 1.807) is 42.7 Å². The average Bonchev–Trinajstić information content (AvgIpc) is 3.44. The maximum absolute atomic E-state index is 13.4. The topological polar surface area (TPSA) is 106 Å². The molecule has 12 heteroatoms. The molecule has 0 spiro atoms. The molecule has 0 saturated heterocycles. The van der Waals surface area contributed by atoms with E-state index in [0.29, 0.717) is 31.4 Å². The standard InChI is InChI=1S/C22H18Br2ClN7O2/c1-11(12-4-5-12)28-22(34)19-18(14(23)9-13-6-8-27-31(13)19)29-21(33)16-10-17(24)30-32(16)20-15(25)3-2-7-26-20/h2-3,6-12H,4-5H2,1H3,(H,28,34)(H,29,33). The van der Waals surface area contributed by atoms with Gasteiger partial charge in [0.25, 0.3) is 11.8 Å². The van der Waals surface area contributed by atoms with Crippen LogP contribution in [0.25, 0.3) is 11.3 Å². The van der Waals surface area contributed by atoms with E-state index in [1.165, 1.54) is 9.20 Å². The van der Waals surface area contributed by atoms with Gasteiger partial charge in [0.05, 0.1) is 22.4 Å². The van der Waals surface area contributed by atoms with Crippen LogP contribution in [0.4, 0.5) is 5.69 Å². The fraction of sp³-hybridized carbons (Fsp3) is 0.227. The number of fused-ring (bicyclic) bond motifs is 1. The zero-order chi connectivity index (χ0) is 24.0. The predicted octanol–water partition coefficient (Wildman–Crippen LogP) is 4.87. The van der Waals surface area contributed by atoms with Crippen molar-refractivity contribution in [2.24, 2.45) is 5.92 Å². The molecular weight excluding hydrogens is 590 g/mol. The Kier molecular flexibility index (Phi) is 6.17. The van der Waals surface area contributed by atoms with Crippen molar-refractivity contribution in [3.8, 4) is 5.82 Å². The molecule has 5 rings (SSSR count). The smallest absolute Gasteiger partial charge is 0.274 e. The molecule has 1 atom stereocenters. The lowest BCUT2D eigenvalue weighted by Crippen LogP contribution is -2.36. The monoisotopic (exact) mass is 605 g/mol. The number of nitrogens with zero attached hydrogens (tertiary/aromatic N) is 5. The largest absolute Gasteiger partial charge is 0.348 e. The van der Waals surface area contributed by atoms with E-state index in [4.69, 9.17) is 11.6 Å². The molecule has 0 radical (unpaired) electrons. The summed E-state index contributed by atoms with van der Waals surface area (Å²) in [6.07, 6.45) is 5.35. The highest BCUT2D eigenvalue weighted by atomic mass is 79.9. The van der Waals surface area contributed by atoms with Gasteiger partial charge in [-0.3, -0.25) is 9.59 Å². The molecule has 2 amide bonds. The maximum atomic E-state index is 13.4. The van der Waals surface area contributed by atoms with Gasteiger partial charge >= 0.3 is 0 Å². The fourth-order valence-corrected chi connectivity index (χ4v) is 4.83. The Bertz CT molecular complexity index is 1430. The van der Waals surface area contributed by atoms with Crippen molar-refractivity contribution in [2.45, 2.75) is 25.8 Å². The molecular formula is C22H18Br2ClN7O2. The summed E-state index contributed by atoms with van der Waals surface area (Å²) >= 11 is 13.1. The maximum Gasteiger partial charge on any atom is 0.274 e. The van der Waals surface area contributed by atoms with Crippen molar-refractivity contribution in [1.82, 2.24) is 29.7 Å². The third kappa shape index (κ3) is 4.35. The zero-order valence-corrected chi connectivity index (χ0v) is 21.7. The number of nitrogens with one attached hydrogen (secondary N) is 2. The first-order valence-corrected chi connectivity index (χ1v) is 12.4. The molecule has 4 aromatic heterocycles. The molecule has 1 saturated carbocycles. The highest BCUT2D eigenvalue weighted by Gasteiger charge is 2.31. The van der Waals surface area contributed by atoms with E-state index in [1.807, 2.05) is 6.92 Å². The lowest BCUT2D eigenvalue weighted by atomic mass is 10.2. The minimum atomic E-state index is -0.503. The number of carbonyl (C=O) groups is 2. The van der Waals surface area contributed by atoms with Gasteiger partial charge in [0.2, 0.25) is 0 Å². The summed E-state index contributed by atoms with van der Waals surface area (Å²) in [6, 6.07) is 8.49. The Balaban J connectivity index is 1.55. The summed E-state index contributed by atoms with van der Waals surface area (Å²) in [5.74, 6) is -0.0570. The van der Waals surface area contributed by atoms with Crippen LogP contribution in [-0.4, -0.2) is 42.2 Å². The van der Waals surface area contributed by atoms with Crippen LogP contribution in [0.15, 0.2) is 51.8 Å². The van der Waals surface area contributed by atoms with Crippen LogP contribution in [0.1, 0.15) is 40.7 Å². The summed E-state index contributed by atoms with van der Waals surface area (Å²) in [4.78, 5) is 31.0. The van der Waals surface area contributed by atoms with Crippen molar-refractivity contribution in [3.05, 3.63) is 68.2 Å². The molecule has 9 nitrogen and oxygen atoms in total. The van der Waals surface area contributed by atoms with E-state index >= 15 is 0 Å². The normalized spacial score (nSPS) is 14.2. The zero-order valence-electron chi connectivity index (χ0n) is 17.8. The second-order valence-corrected chi connectivity index (χ2v) is 10.1. The number of rotatable bonds is 6. The van der Waals surface area contributed by atoms with E-state index < -0.39 is 5.91 Å². The van der Waals surface area contributed by atoms with E-state index in [-0.39, 0.29) is 29.0 Å². The molecule has 4 heterocycles. The molecule has 0 bridgehead atoms. The van der Waals surface area contributed by atoms with E-state index in [2.05, 4.69) is 57.7 Å². The lowest BCUT2D eigenvalue weighted by molar-refractivity contribution is 0.0929. The van der Waals surface area contributed by atoms with Gasteiger partial charge in [0.1, 0.15) is 10.3 Å². The average molecular weight is 608 g/mol. The number of pyridine rings is 2. The second kappa shape index (κ2) is 9.12. The van der Waals surface area contributed by atoms with Crippen LogP contribution in [-0.2, 0) is 0 Å². The second-order valence-electron chi connectivity index (χ2n) is 8.01. The van der Waals surface area contributed by atoms with Crippen molar-refractivity contribution < 1.29 is 9.59 Å². The first-order chi connectivity index (χ1) is 16.3. The van der Waals surface area contributed by atoms with Crippen molar-refractivity contribution in [2.75, 3.05) is 5.32 Å². The minimum absolute atomic E-state index is 0.0179. The van der Waals surface area contributed by atoms with E-state index in [9.17, 15) is 9.59 Å². The van der Waals surface area contributed by atoms with Crippen LogP contribution in [0.2, 0.25) is 5.02 Å². The lowest BCUT2D eigenvalue weighted by Gasteiger charge is -2.18. The molecule has 1 fully saturated rings. The quantitative estimate of drug-likeness (QED) is 0.325. The number of aromatic nitrogens is 5. The Morgan fingerprint density at radius 3 is 2.71 bits per heavy atom. The summed E-state index contributed by atoms with van der Waals surface area (Å²) < 4.78 is 3.83. The molecule has 1 aliphatic rings. The Morgan fingerprint density at radius 1 is 1.18 bits per heavy atom. The van der Waals surface area contributed by atoms with Gasteiger partial charge in [-0.25, -0.2) is 14.2 Å². The van der Waals surface area contributed by atoms with Gasteiger partial charge in [0.15, 0.2) is 11.5 Å². The Labute approximate surface area is 216 Å². The summed E-state index contributed by atoms with van der Waals surface area (Å²) in [5, 5.41) is 14.8. The number of carbonyl (C=O) groups excluding carboxylic acids is 2. The van der Waals surface area contributed by atoms with Gasteiger partial charge in [-0.05, 0) is 81.8 Å². The molecule has 4 aromatic rings. The summed E-state index contributed by atoms with van der Waals surface area (Å²) in [7, 11) is 0. The van der Waals surface area contributed by atoms with Crippen LogP contribution >= 0.6 is 43.5 Å². The third-order valence-corrected chi connectivity index (χ3v) is 6.94. The Hall–Kier alpha value is -2.76. The van der Waals surface area contributed by atoms with Crippen LogP contribution in [0.3, 0.4) is 0 Å². The molecule has 1 unspecified atom stereocenters. The van der Waals surface area contributed by atoms with Gasteiger partial charge in [0, 0.05) is 22.8 Å². The summed E-state index contributed by atoms with van der Waals surface area (Å²) in [6.45, 7) is 1.98. The molecule has 1 aliphatic carbocycles. The van der Waals surface area contributed by atoms with E-state index in [0.717, 1.165) is 12.8 Å².